The minimum absolute atomic E-state index is 0.212. The van der Waals surface area contributed by atoms with E-state index >= 15 is 0 Å². The van der Waals surface area contributed by atoms with Gasteiger partial charge < -0.3 is 28.5 Å². The Morgan fingerprint density at radius 1 is 0.786 bits per heavy atom. The highest BCUT2D eigenvalue weighted by molar-refractivity contribution is 6.62. The van der Waals surface area contributed by atoms with E-state index in [0.29, 0.717) is 5.75 Å². The van der Waals surface area contributed by atoms with Crippen LogP contribution in [0, 0.1) is 0 Å². The molecule has 1 aromatic carbocycles. The monoisotopic (exact) mass is 390 g/mol. The van der Waals surface area contributed by atoms with Crippen LogP contribution in [0.5, 0.6) is 5.75 Å². The normalized spacial score (nSPS) is 25.8. The zero-order valence-corrected chi connectivity index (χ0v) is 18.2. The first-order valence-corrected chi connectivity index (χ1v) is 9.87. The summed E-state index contributed by atoms with van der Waals surface area (Å²) >= 11 is 0. The Labute approximate surface area is 169 Å². The molecule has 0 aromatic heterocycles. The minimum atomic E-state index is -0.641. The quantitative estimate of drug-likeness (QED) is 0.779. The van der Waals surface area contributed by atoms with Crippen molar-refractivity contribution in [2.24, 2.45) is 0 Å². The van der Waals surface area contributed by atoms with Crippen molar-refractivity contribution in [2.45, 2.75) is 83.8 Å². The van der Waals surface area contributed by atoms with Gasteiger partial charge in [-0.1, -0.05) is 12.1 Å². The largest absolute Gasteiger partial charge is 0.504 e. The second-order valence-corrected chi connectivity index (χ2v) is 9.62. The molecule has 2 aliphatic rings. The van der Waals surface area contributed by atoms with E-state index in [2.05, 4.69) is 0 Å². The lowest BCUT2D eigenvalue weighted by Crippen LogP contribution is -2.42. The number of hydrogen-bond acceptors (Lipinski definition) is 6. The maximum absolute atomic E-state index is 9.81. The average Bonchev–Trinajstić information content (AvgIpc) is 2.92. The van der Waals surface area contributed by atoms with Crippen LogP contribution in [0.2, 0.25) is 0 Å². The Kier molecular flexibility index (Phi) is 5.43. The zero-order chi connectivity index (χ0) is 21.0. The molecule has 0 saturated carbocycles. The van der Waals surface area contributed by atoms with Gasteiger partial charge in [0.1, 0.15) is 5.75 Å². The number of aliphatic hydroxyl groups is 1. The van der Waals surface area contributed by atoms with E-state index in [1.54, 1.807) is 0 Å². The van der Waals surface area contributed by atoms with Crippen LogP contribution in [-0.4, -0.2) is 54.4 Å². The van der Waals surface area contributed by atoms with Crippen molar-refractivity contribution in [1.82, 2.24) is 0 Å². The van der Waals surface area contributed by atoms with Crippen LogP contribution in [0.1, 0.15) is 55.4 Å². The smallest absolute Gasteiger partial charge is 0.490 e. The Morgan fingerprint density at radius 3 is 1.64 bits per heavy atom. The van der Waals surface area contributed by atoms with Gasteiger partial charge in [0.2, 0.25) is 0 Å². The lowest BCUT2D eigenvalue weighted by Gasteiger charge is -2.32. The molecule has 8 heteroatoms. The fraction of sp³-hybridized carbons (Fsp3) is 0.700. The molecular weight excluding hydrogens is 358 g/mol. The number of ether oxygens (including phenoxy) is 1. The SMILES string of the molecule is CC1(C)OB(c2ccc(OC(CO)B3OC(C)(C)C(C)(C)O3)cc2)OC1(C)C. The van der Waals surface area contributed by atoms with Crippen molar-refractivity contribution in [1.29, 1.82) is 0 Å². The van der Waals surface area contributed by atoms with Crippen LogP contribution in [0.3, 0.4) is 0 Å². The third-order valence-electron chi connectivity index (χ3n) is 6.45. The summed E-state index contributed by atoms with van der Waals surface area (Å²) in [6.07, 6.45) is 0. The van der Waals surface area contributed by atoms with E-state index in [4.69, 9.17) is 23.4 Å². The standard InChI is InChI=1S/C20H32B2O6/c1-17(2)18(3,4)26-21(25-17)14-9-11-15(12-10-14)24-16(13-23)22-27-19(5,6)20(7,8)28-22/h9-12,16,23H,13H2,1-8H3. The van der Waals surface area contributed by atoms with Gasteiger partial charge in [0, 0.05) is 0 Å². The van der Waals surface area contributed by atoms with Gasteiger partial charge in [-0.05, 0) is 73.0 Å². The lowest BCUT2D eigenvalue weighted by molar-refractivity contribution is 0.00578. The van der Waals surface area contributed by atoms with Crippen LogP contribution in [0.15, 0.2) is 24.3 Å². The molecule has 0 spiro atoms. The van der Waals surface area contributed by atoms with Gasteiger partial charge in [-0.3, -0.25) is 0 Å². The summed E-state index contributed by atoms with van der Waals surface area (Å²) in [5, 5.41) is 9.81. The molecule has 0 aliphatic carbocycles. The molecule has 1 aromatic rings. The van der Waals surface area contributed by atoms with Gasteiger partial charge in [0.05, 0.1) is 29.0 Å². The third kappa shape index (κ3) is 3.85. The van der Waals surface area contributed by atoms with Crippen molar-refractivity contribution in [2.75, 3.05) is 6.61 Å². The highest BCUT2D eigenvalue weighted by Gasteiger charge is 2.55. The van der Waals surface area contributed by atoms with Gasteiger partial charge >= 0.3 is 14.2 Å². The highest BCUT2D eigenvalue weighted by atomic mass is 16.7. The molecule has 0 radical (unpaired) electrons. The van der Waals surface area contributed by atoms with E-state index in [1.165, 1.54) is 0 Å². The Hall–Kier alpha value is -1.05. The molecule has 28 heavy (non-hydrogen) atoms. The van der Waals surface area contributed by atoms with Gasteiger partial charge in [0.25, 0.3) is 0 Å². The molecule has 3 rings (SSSR count). The molecule has 1 N–H and O–H groups in total. The molecule has 6 nitrogen and oxygen atoms in total. The predicted molar refractivity (Wildman–Crippen MR) is 110 cm³/mol. The molecule has 2 fully saturated rings. The summed E-state index contributed by atoms with van der Waals surface area (Å²) in [4.78, 5) is 0. The number of hydrogen-bond donors (Lipinski definition) is 1. The molecule has 2 aliphatic heterocycles. The molecular formula is C20H32B2O6. The summed E-state index contributed by atoms with van der Waals surface area (Å²) in [5.74, 6) is 0.619. The van der Waals surface area contributed by atoms with Crippen molar-refractivity contribution >= 4 is 19.7 Å². The Balaban J connectivity index is 1.67. The van der Waals surface area contributed by atoms with E-state index in [1.807, 2.05) is 79.7 Å². The van der Waals surface area contributed by atoms with Crippen LogP contribution >= 0.6 is 0 Å². The summed E-state index contributed by atoms with van der Waals surface area (Å²) < 4.78 is 30.1. The molecule has 2 saturated heterocycles. The molecule has 154 valence electrons. The molecule has 1 atom stereocenters. The highest BCUT2D eigenvalue weighted by Crippen LogP contribution is 2.38. The van der Waals surface area contributed by atoms with Crippen LogP contribution in [0.25, 0.3) is 0 Å². The van der Waals surface area contributed by atoms with Gasteiger partial charge in [-0.15, -0.1) is 0 Å². The van der Waals surface area contributed by atoms with E-state index in [9.17, 15) is 5.11 Å². The zero-order valence-electron chi connectivity index (χ0n) is 18.2. The Bertz CT molecular complexity index is 669. The third-order valence-corrected chi connectivity index (χ3v) is 6.45. The molecule has 2 heterocycles. The summed E-state index contributed by atoms with van der Waals surface area (Å²) in [5.41, 5.74) is -0.802. The maximum atomic E-state index is 9.81. The van der Waals surface area contributed by atoms with Gasteiger partial charge in [-0.2, -0.15) is 0 Å². The fourth-order valence-corrected chi connectivity index (χ4v) is 3.08. The van der Waals surface area contributed by atoms with Crippen molar-refractivity contribution in [3.8, 4) is 5.75 Å². The second-order valence-electron chi connectivity index (χ2n) is 9.62. The second kappa shape index (κ2) is 7.03. The van der Waals surface area contributed by atoms with E-state index in [-0.39, 0.29) is 17.8 Å². The van der Waals surface area contributed by atoms with Crippen LogP contribution < -0.4 is 10.2 Å². The topological polar surface area (TPSA) is 66.4 Å². The first-order valence-electron chi connectivity index (χ1n) is 9.87. The fourth-order valence-electron chi connectivity index (χ4n) is 3.08. The summed E-state index contributed by atoms with van der Waals surface area (Å²) in [6, 6.07) is 6.89. The number of rotatable bonds is 5. The Morgan fingerprint density at radius 2 is 1.21 bits per heavy atom. The van der Waals surface area contributed by atoms with Crippen molar-refractivity contribution in [3.63, 3.8) is 0 Å². The number of benzene rings is 1. The van der Waals surface area contributed by atoms with Gasteiger partial charge in [0.15, 0.2) is 6.00 Å². The van der Waals surface area contributed by atoms with Crippen LogP contribution in [-0.2, 0) is 18.6 Å². The van der Waals surface area contributed by atoms with Crippen molar-refractivity contribution < 1.29 is 28.5 Å². The minimum Gasteiger partial charge on any atom is -0.490 e. The first kappa shape index (κ1) is 21.7. The maximum Gasteiger partial charge on any atom is 0.504 e. The summed E-state index contributed by atoms with van der Waals surface area (Å²) in [7, 11) is -1.06. The van der Waals surface area contributed by atoms with Crippen molar-refractivity contribution in [3.05, 3.63) is 24.3 Å². The predicted octanol–water partition coefficient (Wildman–Crippen LogP) is 2.36. The first-order chi connectivity index (χ1) is 12.8. The van der Waals surface area contributed by atoms with Crippen LogP contribution in [0.4, 0.5) is 0 Å². The van der Waals surface area contributed by atoms with E-state index in [0.717, 1.165) is 5.46 Å². The van der Waals surface area contributed by atoms with Gasteiger partial charge in [-0.25, -0.2) is 0 Å². The summed E-state index contributed by atoms with van der Waals surface area (Å²) in [6.45, 7) is 15.8. The molecule has 0 amide bonds. The molecule has 1 unspecified atom stereocenters. The molecule has 0 bridgehead atoms. The lowest BCUT2D eigenvalue weighted by atomic mass is 9.79. The van der Waals surface area contributed by atoms with E-state index < -0.39 is 31.4 Å². The number of aliphatic hydroxyl groups excluding tert-OH is 1. The average molecular weight is 390 g/mol.